The van der Waals surface area contributed by atoms with Gasteiger partial charge in [0.05, 0.1) is 16.7 Å². The van der Waals surface area contributed by atoms with Crippen LogP contribution in [0.5, 0.6) is 0 Å². The molecule has 21 heavy (non-hydrogen) atoms. The zero-order chi connectivity index (χ0) is 15.0. The number of carbonyl (C=O) groups excluding carboxylic acids is 2. The van der Waals surface area contributed by atoms with Crippen LogP contribution in [0.25, 0.3) is 0 Å². The summed E-state index contributed by atoms with van der Waals surface area (Å²) in [4.78, 5) is 28.0. The first kappa shape index (κ1) is 14.2. The number of hydrogen-bond donors (Lipinski definition) is 1. The second-order valence-corrected chi connectivity index (χ2v) is 6.15. The first-order chi connectivity index (χ1) is 9.98. The predicted octanol–water partition coefficient (Wildman–Crippen LogP) is 1.13. The molecular weight excluding hydrogens is 268 g/mol. The maximum atomic E-state index is 12.2. The Morgan fingerprint density at radius 1 is 1.05 bits per heavy atom. The number of amides is 2. The number of hydrogen-bond acceptors (Lipinski definition) is 4. The molecule has 1 saturated heterocycles. The lowest BCUT2D eigenvalue weighted by Gasteiger charge is -2.36. The van der Waals surface area contributed by atoms with Gasteiger partial charge in [-0.05, 0) is 31.9 Å². The molecule has 1 fully saturated rings. The van der Waals surface area contributed by atoms with Gasteiger partial charge in [-0.15, -0.1) is 0 Å². The number of benzene rings is 1. The van der Waals surface area contributed by atoms with Gasteiger partial charge in [-0.1, -0.05) is 12.1 Å². The van der Waals surface area contributed by atoms with Gasteiger partial charge in [-0.3, -0.25) is 14.5 Å². The third-order valence-corrected chi connectivity index (χ3v) is 4.45. The second-order valence-electron chi connectivity index (χ2n) is 6.15. The lowest BCUT2D eigenvalue weighted by atomic mass is 9.94. The number of likely N-dealkylation sites (tertiary alicyclic amines) is 1. The Hall–Kier alpha value is -1.72. The van der Waals surface area contributed by atoms with E-state index in [4.69, 9.17) is 0 Å². The molecule has 1 N–H and O–H groups in total. The monoisotopic (exact) mass is 288 g/mol. The van der Waals surface area contributed by atoms with Gasteiger partial charge in [-0.2, -0.15) is 0 Å². The molecule has 2 aliphatic rings. The lowest BCUT2D eigenvalue weighted by Crippen LogP contribution is -2.45. The molecule has 112 valence electrons. The van der Waals surface area contributed by atoms with Crippen LogP contribution in [0.4, 0.5) is 0 Å². The quantitative estimate of drug-likeness (QED) is 0.847. The standard InChI is InChI=1S/C16H20N2O3/c1-16(21)6-8-17(9-7-16)10-11-18-14(19)12-4-2-3-5-13(12)15(18)20/h2-5,21H,6-11H2,1H3. The fraction of sp³-hybridized carbons (Fsp3) is 0.500. The number of carbonyl (C=O) groups is 2. The summed E-state index contributed by atoms with van der Waals surface area (Å²) in [5, 5.41) is 9.93. The van der Waals surface area contributed by atoms with Crippen molar-refractivity contribution in [3.05, 3.63) is 35.4 Å². The average molecular weight is 288 g/mol. The normalized spacial score (nSPS) is 21.7. The van der Waals surface area contributed by atoms with Crippen molar-refractivity contribution in [2.45, 2.75) is 25.4 Å². The highest BCUT2D eigenvalue weighted by molar-refractivity contribution is 6.21. The molecule has 2 heterocycles. The van der Waals surface area contributed by atoms with Crippen molar-refractivity contribution in [2.75, 3.05) is 26.2 Å². The summed E-state index contributed by atoms with van der Waals surface area (Å²) in [6, 6.07) is 6.96. The molecule has 5 nitrogen and oxygen atoms in total. The van der Waals surface area contributed by atoms with Gasteiger partial charge in [0.1, 0.15) is 0 Å². The number of piperidine rings is 1. The van der Waals surface area contributed by atoms with Crippen molar-refractivity contribution in [1.29, 1.82) is 0 Å². The topological polar surface area (TPSA) is 60.9 Å². The molecule has 1 aromatic carbocycles. The minimum atomic E-state index is -0.577. The summed E-state index contributed by atoms with van der Waals surface area (Å²) in [5.41, 5.74) is 0.430. The molecule has 0 unspecified atom stereocenters. The molecule has 0 radical (unpaired) electrons. The molecule has 0 aromatic heterocycles. The molecule has 0 aliphatic carbocycles. The van der Waals surface area contributed by atoms with Crippen LogP contribution in [0.2, 0.25) is 0 Å². The van der Waals surface area contributed by atoms with Crippen LogP contribution < -0.4 is 0 Å². The maximum Gasteiger partial charge on any atom is 0.261 e. The van der Waals surface area contributed by atoms with Gasteiger partial charge < -0.3 is 10.0 Å². The van der Waals surface area contributed by atoms with E-state index < -0.39 is 5.60 Å². The fourth-order valence-electron chi connectivity index (χ4n) is 2.94. The first-order valence-electron chi connectivity index (χ1n) is 7.38. The summed E-state index contributed by atoms with van der Waals surface area (Å²) in [5.74, 6) is -0.390. The lowest BCUT2D eigenvalue weighted by molar-refractivity contribution is -0.00666. The van der Waals surface area contributed by atoms with E-state index in [1.165, 1.54) is 4.90 Å². The van der Waals surface area contributed by atoms with Crippen molar-refractivity contribution in [3.63, 3.8) is 0 Å². The van der Waals surface area contributed by atoms with E-state index in [1.54, 1.807) is 24.3 Å². The minimum Gasteiger partial charge on any atom is -0.390 e. The minimum absolute atomic E-state index is 0.195. The first-order valence-corrected chi connectivity index (χ1v) is 7.38. The molecule has 2 aliphatic heterocycles. The highest BCUT2D eigenvalue weighted by atomic mass is 16.3. The van der Waals surface area contributed by atoms with Crippen LogP contribution in [-0.2, 0) is 0 Å². The van der Waals surface area contributed by atoms with Gasteiger partial charge >= 0.3 is 0 Å². The number of rotatable bonds is 3. The molecule has 0 saturated carbocycles. The summed E-state index contributed by atoms with van der Waals surface area (Å²) in [7, 11) is 0. The highest BCUT2D eigenvalue weighted by Crippen LogP contribution is 2.23. The van der Waals surface area contributed by atoms with E-state index >= 15 is 0 Å². The predicted molar refractivity (Wildman–Crippen MR) is 78.1 cm³/mol. The largest absolute Gasteiger partial charge is 0.390 e. The van der Waals surface area contributed by atoms with Crippen molar-refractivity contribution in [3.8, 4) is 0 Å². The number of nitrogens with zero attached hydrogens (tertiary/aromatic N) is 2. The average Bonchev–Trinajstić information content (AvgIpc) is 2.71. The number of imide groups is 1. The zero-order valence-corrected chi connectivity index (χ0v) is 12.2. The Morgan fingerprint density at radius 3 is 2.10 bits per heavy atom. The van der Waals surface area contributed by atoms with Gasteiger partial charge in [-0.25, -0.2) is 0 Å². The van der Waals surface area contributed by atoms with Crippen molar-refractivity contribution < 1.29 is 14.7 Å². The fourth-order valence-corrected chi connectivity index (χ4v) is 2.94. The molecule has 3 rings (SSSR count). The van der Waals surface area contributed by atoms with Crippen LogP contribution in [0, 0.1) is 0 Å². The van der Waals surface area contributed by atoms with Crippen LogP contribution >= 0.6 is 0 Å². The molecular formula is C16H20N2O3. The third kappa shape index (κ3) is 2.71. The van der Waals surface area contributed by atoms with Crippen molar-refractivity contribution >= 4 is 11.8 Å². The van der Waals surface area contributed by atoms with Crippen LogP contribution in [0.15, 0.2) is 24.3 Å². The summed E-state index contributed by atoms with van der Waals surface area (Å²) < 4.78 is 0. The Bertz CT molecular complexity index is 538. The Morgan fingerprint density at radius 2 is 1.57 bits per heavy atom. The van der Waals surface area contributed by atoms with Crippen molar-refractivity contribution in [2.24, 2.45) is 0 Å². The zero-order valence-electron chi connectivity index (χ0n) is 12.2. The second kappa shape index (κ2) is 5.24. The number of fused-ring (bicyclic) bond motifs is 1. The van der Waals surface area contributed by atoms with Crippen LogP contribution in [0.1, 0.15) is 40.5 Å². The number of aliphatic hydroxyl groups is 1. The van der Waals surface area contributed by atoms with E-state index in [0.29, 0.717) is 24.2 Å². The van der Waals surface area contributed by atoms with E-state index in [9.17, 15) is 14.7 Å². The highest BCUT2D eigenvalue weighted by Gasteiger charge is 2.35. The molecule has 0 atom stereocenters. The van der Waals surface area contributed by atoms with Crippen LogP contribution in [-0.4, -0.2) is 58.5 Å². The van der Waals surface area contributed by atoms with E-state index in [1.807, 2.05) is 6.92 Å². The summed E-state index contributed by atoms with van der Waals surface area (Å²) in [6.07, 6.45) is 1.46. The van der Waals surface area contributed by atoms with Crippen molar-refractivity contribution in [1.82, 2.24) is 9.80 Å². The Labute approximate surface area is 124 Å². The van der Waals surface area contributed by atoms with Crippen LogP contribution in [0.3, 0.4) is 0 Å². The van der Waals surface area contributed by atoms with E-state index in [2.05, 4.69) is 4.90 Å². The Balaban J connectivity index is 1.60. The molecule has 2 amide bonds. The third-order valence-electron chi connectivity index (χ3n) is 4.45. The smallest absolute Gasteiger partial charge is 0.261 e. The van der Waals surface area contributed by atoms with Gasteiger partial charge in [0.15, 0.2) is 0 Å². The van der Waals surface area contributed by atoms with Gasteiger partial charge in [0, 0.05) is 26.2 Å². The van der Waals surface area contributed by atoms with Gasteiger partial charge in [0.2, 0.25) is 0 Å². The SMILES string of the molecule is CC1(O)CCN(CCN2C(=O)c3ccccc3C2=O)CC1. The van der Waals surface area contributed by atoms with Gasteiger partial charge in [0.25, 0.3) is 11.8 Å². The molecule has 1 aromatic rings. The van der Waals surface area contributed by atoms with E-state index in [0.717, 1.165) is 25.9 Å². The summed E-state index contributed by atoms with van der Waals surface area (Å²) in [6.45, 7) is 4.54. The molecule has 5 heteroatoms. The summed E-state index contributed by atoms with van der Waals surface area (Å²) >= 11 is 0. The molecule has 0 spiro atoms. The Kier molecular flexibility index (Phi) is 3.55. The maximum absolute atomic E-state index is 12.2. The molecule has 0 bridgehead atoms. The van der Waals surface area contributed by atoms with E-state index in [-0.39, 0.29) is 11.8 Å².